The van der Waals surface area contributed by atoms with Gasteiger partial charge in [0.15, 0.2) is 0 Å². The zero-order chi connectivity index (χ0) is 22.4. The number of amides is 2. The smallest absolute Gasteiger partial charge is 0.353 e. The Kier molecular flexibility index (Phi) is 7.32. The molecule has 10 heteroatoms. The van der Waals surface area contributed by atoms with E-state index >= 15 is 0 Å². The highest BCUT2D eigenvalue weighted by Gasteiger charge is 2.34. The van der Waals surface area contributed by atoms with Crippen molar-refractivity contribution in [3.63, 3.8) is 0 Å². The predicted molar refractivity (Wildman–Crippen MR) is 108 cm³/mol. The molecule has 168 valence electrons. The van der Waals surface area contributed by atoms with Gasteiger partial charge >= 0.3 is 6.18 Å². The van der Waals surface area contributed by atoms with Gasteiger partial charge in [-0.1, -0.05) is 18.2 Å². The summed E-state index contributed by atoms with van der Waals surface area (Å²) in [4.78, 5) is 28.8. The lowest BCUT2D eigenvalue weighted by molar-refractivity contribution is -0.139. The summed E-state index contributed by atoms with van der Waals surface area (Å²) in [6.07, 6.45) is -0.988. The standard InChI is InChI=1S/C21H26F3N5O2/c1-2-27(11-12-29-9-4-7-26-29)19(30)14-18-20(31)25-8-10-28(18)15-16-5-3-6-17(13-16)21(22,23)24/h3-7,9,13,18H,2,8,10-12,14-15H2,1H3,(H,25,31)/t18-/m0/s1. The van der Waals surface area contributed by atoms with E-state index in [1.807, 2.05) is 13.1 Å². The number of carbonyl (C=O) groups excluding carboxylic acids is 2. The van der Waals surface area contributed by atoms with Gasteiger partial charge in [0.25, 0.3) is 0 Å². The van der Waals surface area contributed by atoms with Gasteiger partial charge in [-0.15, -0.1) is 0 Å². The van der Waals surface area contributed by atoms with E-state index in [-0.39, 0.29) is 24.8 Å². The molecule has 1 aliphatic heterocycles. The molecule has 3 rings (SSSR count). The number of nitrogens with one attached hydrogen (secondary N) is 1. The van der Waals surface area contributed by atoms with Gasteiger partial charge in [-0.3, -0.25) is 19.2 Å². The molecule has 0 radical (unpaired) electrons. The highest BCUT2D eigenvalue weighted by Crippen LogP contribution is 2.30. The van der Waals surface area contributed by atoms with Crippen LogP contribution in [0.2, 0.25) is 0 Å². The minimum atomic E-state index is -4.43. The van der Waals surface area contributed by atoms with Crippen LogP contribution < -0.4 is 5.32 Å². The molecule has 1 N–H and O–H groups in total. The largest absolute Gasteiger partial charge is 0.416 e. The van der Waals surface area contributed by atoms with Gasteiger partial charge in [0.05, 0.1) is 24.6 Å². The number of aromatic nitrogens is 2. The molecule has 1 atom stereocenters. The van der Waals surface area contributed by atoms with E-state index in [4.69, 9.17) is 0 Å². The molecule has 1 aliphatic rings. The molecule has 0 aliphatic carbocycles. The monoisotopic (exact) mass is 437 g/mol. The molecular weight excluding hydrogens is 411 g/mol. The van der Waals surface area contributed by atoms with Crippen LogP contribution in [-0.2, 0) is 28.9 Å². The summed E-state index contributed by atoms with van der Waals surface area (Å²) >= 11 is 0. The van der Waals surface area contributed by atoms with Crippen molar-refractivity contribution in [2.75, 3.05) is 26.2 Å². The third kappa shape index (κ3) is 6.06. The zero-order valence-electron chi connectivity index (χ0n) is 17.3. The fourth-order valence-corrected chi connectivity index (χ4v) is 3.66. The van der Waals surface area contributed by atoms with Crippen LogP contribution >= 0.6 is 0 Å². The van der Waals surface area contributed by atoms with Gasteiger partial charge in [-0.25, -0.2) is 0 Å². The Hall–Kier alpha value is -2.88. The van der Waals surface area contributed by atoms with E-state index in [0.29, 0.717) is 38.3 Å². The maximum Gasteiger partial charge on any atom is 0.416 e. The Morgan fingerprint density at radius 3 is 2.81 bits per heavy atom. The number of hydrogen-bond acceptors (Lipinski definition) is 4. The quantitative estimate of drug-likeness (QED) is 0.687. The normalized spacial score (nSPS) is 17.4. The van der Waals surface area contributed by atoms with E-state index < -0.39 is 17.8 Å². The number of likely N-dealkylation sites (N-methyl/N-ethyl adjacent to an activating group) is 1. The summed E-state index contributed by atoms with van der Waals surface area (Å²) in [6, 6.07) is 6.14. The molecule has 31 heavy (non-hydrogen) atoms. The first-order valence-corrected chi connectivity index (χ1v) is 10.2. The van der Waals surface area contributed by atoms with Crippen LogP contribution in [0.25, 0.3) is 0 Å². The number of halogens is 3. The highest BCUT2D eigenvalue weighted by atomic mass is 19.4. The second-order valence-corrected chi connectivity index (χ2v) is 7.42. The van der Waals surface area contributed by atoms with Crippen molar-refractivity contribution in [2.24, 2.45) is 0 Å². The van der Waals surface area contributed by atoms with Crippen LogP contribution in [0, 0.1) is 0 Å². The third-order valence-electron chi connectivity index (χ3n) is 5.34. The molecule has 0 bridgehead atoms. The molecule has 1 saturated heterocycles. The molecule has 1 aromatic heterocycles. The fraction of sp³-hybridized carbons (Fsp3) is 0.476. The minimum Gasteiger partial charge on any atom is -0.353 e. The molecule has 2 heterocycles. The van der Waals surface area contributed by atoms with Crippen LogP contribution in [-0.4, -0.2) is 63.6 Å². The summed E-state index contributed by atoms with van der Waals surface area (Å²) in [5.41, 5.74) is -0.275. The predicted octanol–water partition coefficient (Wildman–Crippen LogP) is 2.14. The van der Waals surface area contributed by atoms with Crippen molar-refractivity contribution in [2.45, 2.75) is 38.7 Å². The first-order valence-electron chi connectivity index (χ1n) is 10.2. The number of piperazine rings is 1. The van der Waals surface area contributed by atoms with Gasteiger partial charge in [0, 0.05) is 45.1 Å². The van der Waals surface area contributed by atoms with Crippen LogP contribution in [0.4, 0.5) is 13.2 Å². The maximum atomic E-state index is 13.0. The second kappa shape index (κ2) is 9.95. The lowest BCUT2D eigenvalue weighted by atomic mass is 10.0. The number of alkyl halides is 3. The van der Waals surface area contributed by atoms with Gasteiger partial charge < -0.3 is 10.2 Å². The Morgan fingerprint density at radius 1 is 1.32 bits per heavy atom. The minimum absolute atomic E-state index is 0.0300. The number of hydrogen-bond donors (Lipinski definition) is 1. The molecule has 1 fully saturated rings. The fourth-order valence-electron chi connectivity index (χ4n) is 3.66. The third-order valence-corrected chi connectivity index (χ3v) is 5.34. The molecular formula is C21H26F3N5O2. The van der Waals surface area contributed by atoms with Gasteiger partial charge in [-0.05, 0) is 24.6 Å². The Labute approximate surface area is 178 Å². The molecule has 0 unspecified atom stereocenters. The first kappa shape index (κ1) is 22.8. The van der Waals surface area contributed by atoms with Gasteiger partial charge in [0.1, 0.15) is 0 Å². The van der Waals surface area contributed by atoms with Crippen LogP contribution in [0.1, 0.15) is 24.5 Å². The maximum absolute atomic E-state index is 13.0. The van der Waals surface area contributed by atoms with E-state index in [0.717, 1.165) is 12.1 Å². The van der Waals surface area contributed by atoms with Crippen LogP contribution in [0.5, 0.6) is 0 Å². The lowest BCUT2D eigenvalue weighted by Gasteiger charge is -2.35. The topological polar surface area (TPSA) is 70.5 Å². The van der Waals surface area contributed by atoms with Crippen LogP contribution in [0.3, 0.4) is 0 Å². The number of benzene rings is 1. The average Bonchev–Trinajstić information content (AvgIpc) is 3.24. The molecule has 1 aromatic carbocycles. The highest BCUT2D eigenvalue weighted by molar-refractivity contribution is 5.88. The van der Waals surface area contributed by atoms with E-state index in [1.54, 1.807) is 32.8 Å². The summed E-state index contributed by atoms with van der Waals surface area (Å²) in [7, 11) is 0. The lowest BCUT2D eigenvalue weighted by Crippen LogP contribution is -2.56. The van der Waals surface area contributed by atoms with Crippen LogP contribution in [0.15, 0.2) is 42.7 Å². The number of carbonyl (C=O) groups is 2. The Morgan fingerprint density at radius 2 is 2.13 bits per heavy atom. The first-order chi connectivity index (χ1) is 14.8. The summed E-state index contributed by atoms with van der Waals surface area (Å²) < 4.78 is 40.8. The molecule has 0 saturated carbocycles. The summed E-state index contributed by atoms with van der Waals surface area (Å²) in [5.74, 6) is -0.458. The van der Waals surface area contributed by atoms with Crippen molar-refractivity contribution >= 4 is 11.8 Å². The van der Waals surface area contributed by atoms with E-state index in [2.05, 4.69) is 10.4 Å². The van der Waals surface area contributed by atoms with Crippen molar-refractivity contribution in [3.8, 4) is 0 Å². The van der Waals surface area contributed by atoms with Crippen molar-refractivity contribution in [1.29, 1.82) is 0 Å². The summed E-state index contributed by atoms with van der Waals surface area (Å²) in [5, 5.41) is 6.87. The molecule has 0 spiro atoms. The van der Waals surface area contributed by atoms with Crippen molar-refractivity contribution in [1.82, 2.24) is 24.9 Å². The van der Waals surface area contributed by atoms with E-state index in [1.165, 1.54) is 6.07 Å². The number of rotatable bonds is 8. The zero-order valence-corrected chi connectivity index (χ0v) is 17.3. The Bertz CT molecular complexity index is 885. The van der Waals surface area contributed by atoms with E-state index in [9.17, 15) is 22.8 Å². The number of nitrogens with zero attached hydrogens (tertiary/aromatic N) is 4. The van der Waals surface area contributed by atoms with Crippen molar-refractivity contribution in [3.05, 3.63) is 53.9 Å². The molecule has 2 aromatic rings. The average molecular weight is 437 g/mol. The second-order valence-electron chi connectivity index (χ2n) is 7.42. The van der Waals surface area contributed by atoms with Crippen molar-refractivity contribution < 1.29 is 22.8 Å². The Balaban J connectivity index is 1.67. The summed E-state index contributed by atoms with van der Waals surface area (Å²) in [6.45, 7) is 4.36. The van der Waals surface area contributed by atoms with Gasteiger partial charge in [-0.2, -0.15) is 18.3 Å². The molecule has 7 nitrogen and oxygen atoms in total. The SMILES string of the molecule is CCN(CCn1cccn1)C(=O)C[C@H]1C(=O)NCCN1Cc1cccc(C(F)(F)F)c1. The molecule has 2 amide bonds. The van der Waals surface area contributed by atoms with Gasteiger partial charge in [0.2, 0.25) is 11.8 Å².